The zero-order chi connectivity index (χ0) is 20.6. The van der Waals surface area contributed by atoms with Crippen LogP contribution in [0.3, 0.4) is 0 Å². The van der Waals surface area contributed by atoms with Crippen molar-refractivity contribution in [3.63, 3.8) is 0 Å². The fourth-order valence-corrected chi connectivity index (χ4v) is 5.07. The van der Waals surface area contributed by atoms with Gasteiger partial charge in [-0.25, -0.2) is 0 Å². The highest BCUT2D eigenvalue weighted by Crippen LogP contribution is 2.44. The molecule has 1 aromatic rings. The fraction of sp³-hybridized carbons (Fsp3) is 0.579. The van der Waals surface area contributed by atoms with E-state index in [0.29, 0.717) is 21.9 Å². The van der Waals surface area contributed by atoms with Crippen molar-refractivity contribution in [3.05, 3.63) is 45.3 Å². The minimum absolute atomic E-state index is 0.144. The SMILES string of the molecule is COC1(c2ccc(C)c(C(O)C3CC=C(Cl)S3)c2)OC(CO)[C@@H](O)C(O)[C@H]1O. The molecule has 7 atom stereocenters. The molecule has 2 heterocycles. The minimum Gasteiger partial charge on any atom is -0.394 e. The molecule has 2 aliphatic rings. The summed E-state index contributed by atoms with van der Waals surface area (Å²) < 4.78 is 11.8. The minimum atomic E-state index is -1.81. The van der Waals surface area contributed by atoms with Crippen LogP contribution in [0.25, 0.3) is 0 Å². The molecule has 0 radical (unpaired) electrons. The molecule has 0 spiro atoms. The molecule has 0 saturated carbocycles. The van der Waals surface area contributed by atoms with Crippen molar-refractivity contribution in [3.8, 4) is 0 Å². The van der Waals surface area contributed by atoms with Crippen molar-refractivity contribution in [2.45, 2.75) is 54.9 Å². The average Bonchev–Trinajstić information content (AvgIpc) is 3.13. The number of hydrogen-bond donors (Lipinski definition) is 5. The topological polar surface area (TPSA) is 120 Å². The van der Waals surface area contributed by atoms with Crippen molar-refractivity contribution in [1.29, 1.82) is 0 Å². The maximum atomic E-state index is 10.9. The fourth-order valence-electron chi connectivity index (χ4n) is 3.69. The first-order chi connectivity index (χ1) is 13.2. The zero-order valence-electron chi connectivity index (χ0n) is 15.5. The Kier molecular flexibility index (Phi) is 6.75. The summed E-state index contributed by atoms with van der Waals surface area (Å²) in [7, 11) is 1.30. The van der Waals surface area contributed by atoms with E-state index in [0.717, 1.165) is 5.56 Å². The second-order valence-electron chi connectivity index (χ2n) is 7.05. The van der Waals surface area contributed by atoms with Gasteiger partial charge in [0.1, 0.15) is 24.4 Å². The zero-order valence-corrected chi connectivity index (χ0v) is 17.1. The van der Waals surface area contributed by atoms with Gasteiger partial charge in [0, 0.05) is 17.9 Å². The van der Waals surface area contributed by atoms with Gasteiger partial charge in [-0.3, -0.25) is 0 Å². The first kappa shape index (κ1) is 22.0. The number of aliphatic hydroxyl groups excluding tert-OH is 5. The molecule has 1 aromatic carbocycles. The molecular formula is C19H25ClO7S. The van der Waals surface area contributed by atoms with Gasteiger partial charge in [-0.1, -0.05) is 29.8 Å². The van der Waals surface area contributed by atoms with Crippen LogP contribution < -0.4 is 0 Å². The molecule has 0 aliphatic carbocycles. The molecule has 1 fully saturated rings. The monoisotopic (exact) mass is 432 g/mol. The maximum absolute atomic E-state index is 10.9. The predicted molar refractivity (Wildman–Crippen MR) is 105 cm³/mol. The van der Waals surface area contributed by atoms with Gasteiger partial charge < -0.3 is 35.0 Å². The van der Waals surface area contributed by atoms with Crippen molar-refractivity contribution >= 4 is 23.4 Å². The number of ether oxygens (including phenoxy) is 2. The lowest BCUT2D eigenvalue weighted by Gasteiger charge is -2.47. The summed E-state index contributed by atoms with van der Waals surface area (Å²) in [6, 6.07) is 5.06. The van der Waals surface area contributed by atoms with Crippen LogP contribution in [0.2, 0.25) is 0 Å². The summed E-state index contributed by atoms with van der Waals surface area (Å²) in [6.45, 7) is 1.28. The van der Waals surface area contributed by atoms with Crippen molar-refractivity contribution < 1.29 is 35.0 Å². The molecule has 2 aliphatic heterocycles. The highest BCUT2D eigenvalue weighted by molar-refractivity contribution is 8.05. The molecule has 5 N–H and O–H groups in total. The van der Waals surface area contributed by atoms with E-state index in [1.807, 2.05) is 13.0 Å². The molecule has 7 nitrogen and oxygen atoms in total. The number of aryl methyl sites for hydroxylation is 1. The number of thioether (sulfide) groups is 1. The van der Waals surface area contributed by atoms with Gasteiger partial charge in [0.15, 0.2) is 0 Å². The number of benzene rings is 1. The normalized spacial score (nSPS) is 37.0. The lowest BCUT2D eigenvalue weighted by molar-refractivity contribution is -0.366. The van der Waals surface area contributed by atoms with Crippen LogP contribution in [0.1, 0.15) is 29.2 Å². The van der Waals surface area contributed by atoms with Crippen molar-refractivity contribution in [2.24, 2.45) is 0 Å². The summed E-state index contributed by atoms with van der Waals surface area (Å²) in [5.41, 5.74) is 1.80. The molecule has 9 heteroatoms. The smallest absolute Gasteiger partial charge is 0.224 e. The lowest BCUT2D eigenvalue weighted by Crippen LogP contribution is -2.64. The average molecular weight is 433 g/mol. The Morgan fingerprint density at radius 3 is 2.61 bits per heavy atom. The quantitative estimate of drug-likeness (QED) is 0.465. The highest BCUT2D eigenvalue weighted by atomic mass is 35.5. The molecule has 3 rings (SSSR count). The van der Waals surface area contributed by atoms with Crippen LogP contribution in [-0.4, -0.2) is 68.9 Å². The van der Waals surface area contributed by atoms with Crippen LogP contribution in [0.5, 0.6) is 0 Å². The number of halogens is 1. The van der Waals surface area contributed by atoms with Crippen LogP contribution in [-0.2, 0) is 15.3 Å². The van der Waals surface area contributed by atoms with E-state index in [1.165, 1.54) is 18.9 Å². The predicted octanol–water partition coefficient (Wildman–Crippen LogP) is 0.887. The molecule has 28 heavy (non-hydrogen) atoms. The van der Waals surface area contributed by atoms with E-state index in [4.69, 9.17) is 21.1 Å². The number of aliphatic hydroxyl groups is 5. The molecule has 0 aromatic heterocycles. The van der Waals surface area contributed by atoms with E-state index in [2.05, 4.69) is 0 Å². The number of hydrogen-bond acceptors (Lipinski definition) is 8. The lowest BCUT2D eigenvalue weighted by atomic mass is 9.86. The van der Waals surface area contributed by atoms with Crippen LogP contribution in [0, 0.1) is 6.92 Å². The second-order valence-corrected chi connectivity index (χ2v) is 8.97. The summed E-state index contributed by atoms with van der Waals surface area (Å²) in [6.07, 6.45) is -4.16. The van der Waals surface area contributed by atoms with E-state index in [-0.39, 0.29) is 5.25 Å². The van der Waals surface area contributed by atoms with Crippen LogP contribution in [0.15, 0.2) is 28.6 Å². The molecule has 5 unspecified atom stereocenters. The molecular weight excluding hydrogens is 408 g/mol. The third-order valence-corrected chi connectivity index (χ3v) is 6.95. The van der Waals surface area contributed by atoms with Gasteiger partial charge in [0.2, 0.25) is 5.79 Å². The van der Waals surface area contributed by atoms with E-state index in [1.54, 1.807) is 18.2 Å². The third kappa shape index (κ3) is 3.74. The maximum Gasteiger partial charge on any atom is 0.224 e. The highest BCUT2D eigenvalue weighted by Gasteiger charge is 2.55. The van der Waals surface area contributed by atoms with Crippen molar-refractivity contribution in [1.82, 2.24) is 0 Å². The molecule has 0 bridgehead atoms. The van der Waals surface area contributed by atoms with Crippen LogP contribution in [0.4, 0.5) is 0 Å². The Balaban J connectivity index is 1.99. The van der Waals surface area contributed by atoms with E-state index >= 15 is 0 Å². The Bertz CT molecular complexity index is 743. The van der Waals surface area contributed by atoms with Gasteiger partial charge in [-0.05, 0) is 30.5 Å². The molecule has 1 saturated heterocycles. The molecule has 0 amide bonds. The third-order valence-electron chi connectivity index (χ3n) is 5.38. The van der Waals surface area contributed by atoms with Gasteiger partial charge in [0.05, 0.1) is 17.1 Å². The van der Waals surface area contributed by atoms with Gasteiger partial charge in [-0.15, -0.1) is 11.8 Å². The summed E-state index contributed by atoms with van der Waals surface area (Å²) in [5.74, 6) is -1.81. The largest absolute Gasteiger partial charge is 0.394 e. The summed E-state index contributed by atoms with van der Waals surface area (Å²) in [5, 5.41) is 51.2. The Hall–Kier alpha value is -0.680. The molecule has 156 valence electrons. The number of methoxy groups -OCH3 is 1. The summed E-state index contributed by atoms with van der Waals surface area (Å²) >= 11 is 7.41. The van der Waals surface area contributed by atoms with E-state index in [9.17, 15) is 25.5 Å². The van der Waals surface area contributed by atoms with Gasteiger partial charge in [0.25, 0.3) is 0 Å². The van der Waals surface area contributed by atoms with Crippen LogP contribution >= 0.6 is 23.4 Å². The number of rotatable bonds is 5. The Morgan fingerprint density at radius 1 is 1.32 bits per heavy atom. The Labute approximate surface area is 172 Å². The van der Waals surface area contributed by atoms with Gasteiger partial charge >= 0.3 is 0 Å². The van der Waals surface area contributed by atoms with E-state index < -0.39 is 42.9 Å². The summed E-state index contributed by atoms with van der Waals surface area (Å²) in [4.78, 5) is 0. The second kappa shape index (κ2) is 8.59. The first-order valence-corrected chi connectivity index (χ1v) is 10.2. The Morgan fingerprint density at radius 2 is 2.04 bits per heavy atom. The number of allylic oxidation sites excluding steroid dienone is 1. The standard InChI is InChI=1S/C19H25ClO7S/c1-9-3-4-10(7-11(9)15(22)13-5-6-14(20)28-13)19(26-2)18(25)17(24)16(23)12(8-21)27-19/h3-4,6-7,12-13,15-18,21-25H,5,8H2,1-2H3/t12?,13?,15?,16-,17?,18-,19?/m1/s1. The van der Waals surface area contributed by atoms with Crippen molar-refractivity contribution in [2.75, 3.05) is 13.7 Å². The first-order valence-electron chi connectivity index (χ1n) is 8.94. The van der Waals surface area contributed by atoms with Gasteiger partial charge in [-0.2, -0.15) is 0 Å².